The topological polar surface area (TPSA) is 62.2 Å². The molecular weight excluding hydrogens is 290 g/mol. The highest BCUT2D eigenvalue weighted by molar-refractivity contribution is 8.16. The Hall–Kier alpha value is -1.50. The Morgan fingerprint density at radius 3 is 3.14 bits per heavy atom. The number of hydrogen-bond acceptors (Lipinski definition) is 6. The van der Waals surface area contributed by atoms with E-state index in [1.807, 2.05) is 5.41 Å². The predicted octanol–water partition coefficient (Wildman–Crippen LogP) is 1.05. The van der Waals surface area contributed by atoms with Crippen LogP contribution in [0.2, 0.25) is 0 Å². The Morgan fingerprint density at radius 2 is 2.33 bits per heavy atom. The predicted molar refractivity (Wildman–Crippen MR) is 80.6 cm³/mol. The molecule has 7 heteroatoms. The van der Waals surface area contributed by atoms with E-state index in [4.69, 9.17) is 4.74 Å². The second-order valence-corrected chi connectivity index (χ2v) is 6.26. The maximum atomic E-state index is 12.5. The van der Waals surface area contributed by atoms with Crippen molar-refractivity contribution in [3.63, 3.8) is 0 Å². The van der Waals surface area contributed by atoms with E-state index < -0.39 is 0 Å². The molecular formula is C14H19N3O3S. The number of carbonyl (C=O) groups is 2. The maximum Gasteiger partial charge on any atom is 0.310 e. The van der Waals surface area contributed by atoms with E-state index >= 15 is 0 Å². The van der Waals surface area contributed by atoms with Crippen LogP contribution in [0.1, 0.15) is 19.3 Å². The molecule has 1 atom stereocenters. The first-order valence-corrected chi connectivity index (χ1v) is 8.10. The van der Waals surface area contributed by atoms with Crippen LogP contribution in [0, 0.1) is 5.92 Å². The van der Waals surface area contributed by atoms with Gasteiger partial charge in [0.25, 0.3) is 0 Å². The minimum atomic E-state index is -0.211. The van der Waals surface area contributed by atoms with Crippen LogP contribution < -0.4 is 0 Å². The lowest BCUT2D eigenvalue weighted by Crippen LogP contribution is -2.43. The van der Waals surface area contributed by atoms with Gasteiger partial charge in [0.1, 0.15) is 0 Å². The van der Waals surface area contributed by atoms with Gasteiger partial charge < -0.3 is 14.5 Å². The Bertz CT molecular complexity index is 518. The SMILES string of the molecule is COC(=O)C1CCCN(C(=O)CC2=CSC3=NCCN23)C1. The van der Waals surface area contributed by atoms with E-state index in [1.165, 1.54) is 7.11 Å². The first-order valence-electron chi connectivity index (χ1n) is 7.22. The summed E-state index contributed by atoms with van der Waals surface area (Å²) in [6.45, 7) is 2.88. The highest BCUT2D eigenvalue weighted by Gasteiger charge is 2.32. The highest BCUT2D eigenvalue weighted by atomic mass is 32.2. The molecule has 0 aliphatic carbocycles. The number of ether oxygens (including phenoxy) is 1. The summed E-state index contributed by atoms with van der Waals surface area (Å²) in [5.41, 5.74) is 1.03. The van der Waals surface area contributed by atoms with Crippen molar-refractivity contribution in [2.45, 2.75) is 19.3 Å². The van der Waals surface area contributed by atoms with Gasteiger partial charge in [-0.25, -0.2) is 0 Å². The normalized spacial score (nSPS) is 24.5. The summed E-state index contributed by atoms with van der Waals surface area (Å²) < 4.78 is 4.79. The first-order chi connectivity index (χ1) is 10.2. The fourth-order valence-electron chi connectivity index (χ4n) is 2.94. The lowest BCUT2D eigenvalue weighted by Gasteiger charge is -2.32. The summed E-state index contributed by atoms with van der Waals surface area (Å²) >= 11 is 1.59. The van der Waals surface area contributed by atoms with Gasteiger partial charge in [-0.05, 0) is 18.2 Å². The van der Waals surface area contributed by atoms with Crippen molar-refractivity contribution in [2.24, 2.45) is 10.9 Å². The molecule has 114 valence electrons. The third kappa shape index (κ3) is 2.92. The third-order valence-corrected chi connectivity index (χ3v) is 5.04. The lowest BCUT2D eigenvalue weighted by molar-refractivity contribution is -0.148. The van der Waals surface area contributed by atoms with Crippen LogP contribution >= 0.6 is 11.8 Å². The number of amidine groups is 1. The second kappa shape index (κ2) is 6.09. The molecule has 0 N–H and O–H groups in total. The van der Waals surface area contributed by atoms with Crippen LogP contribution in [0.5, 0.6) is 0 Å². The van der Waals surface area contributed by atoms with Crippen LogP contribution in [0.3, 0.4) is 0 Å². The maximum absolute atomic E-state index is 12.5. The minimum Gasteiger partial charge on any atom is -0.469 e. The van der Waals surface area contributed by atoms with Gasteiger partial charge in [0.15, 0.2) is 5.17 Å². The Morgan fingerprint density at radius 1 is 1.48 bits per heavy atom. The Labute approximate surface area is 128 Å². The van der Waals surface area contributed by atoms with Crippen LogP contribution in [-0.4, -0.2) is 60.1 Å². The first kappa shape index (κ1) is 14.4. The zero-order valence-corrected chi connectivity index (χ0v) is 12.9. The average molecular weight is 309 g/mol. The minimum absolute atomic E-state index is 0.0867. The number of fused-ring (bicyclic) bond motifs is 1. The molecule has 1 amide bonds. The summed E-state index contributed by atoms with van der Waals surface area (Å²) in [7, 11) is 1.40. The van der Waals surface area contributed by atoms with Gasteiger partial charge in [-0.2, -0.15) is 0 Å². The number of amides is 1. The molecule has 21 heavy (non-hydrogen) atoms. The van der Waals surface area contributed by atoms with Crippen molar-refractivity contribution in [1.82, 2.24) is 9.80 Å². The third-order valence-electron chi connectivity index (χ3n) is 4.09. The number of likely N-dealkylation sites (tertiary alicyclic amines) is 1. The van der Waals surface area contributed by atoms with Crippen LogP contribution in [0.4, 0.5) is 0 Å². The number of esters is 1. The molecule has 3 aliphatic heterocycles. The highest BCUT2D eigenvalue weighted by Crippen LogP contribution is 2.31. The fraction of sp³-hybridized carbons (Fsp3) is 0.643. The molecule has 1 unspecified atom stereocenters. The van der Waals surface area contributed by atoms with Crippen molar-refractivity contribution in [3.05, 3.63) is 11.1 Å². The number of hydrogen-bond donors (Lipinski definition) is 0. The molecule has 0 bridgehead atoms. The molecule has 0 spiro atoms. The van der Waals surface area contributed by atoms with Crippen molar-refractivity contribution < 1.29 is 14.3 Å². The van der Waals surface area contributed by atoms with E-state index in [9.17, 15) is 9.59 Å². The number of rotatable bonds is 3. The summed E-state index contributed by atoms with van der Waals surface area (Å²) in [6, 6.07) is 0. The number of methoxy groups -OCH3 is 1. The van der Waals surface area contributed by atoms with E-state index in [1.54, 1.807) is 16.7 Å². The van der Waals surface area contributed by atoms with Gasteiger partial charge in [0.2, 0.25) is 5.91 Å². The molecule has 0 aromatic carbocycles. The van der Waals surface area contributed by atoms with Gasteiger partial charge in [-0.15, -0.1) is 0 Å². The number of thioether (sulfide) groups is 1. The number of aliphatic imine (C=N–C) groups is 1. The average Bonchev–Trinajstić information content (AvgIpc) is 3.11. The summed E-state index contributed by atoms with van der Waals surface area (Å²) in [6.07, 6.45) is 2.05. The van der Waals surface area contributed by atoms with Gasteiger partial charge >= 0.3 is 5.97 Å². The zero-order valence-electron chi connectivity index (χ0n) is 12.1. The summed E-state index contributed by atoms with van der Waals surface area (Å²) in [5.74, 6) is -0.302. The molecule has 1 fully saturated rings. The Balaban J connectivity index is 1.58. The van der Waals surface area contributed by atoms with Crippen molar-refractivity contribution in [1.29, 1.82) is 0 Å². The van der Waals surface area contributed by atoms with Gasteiger partial charge in [-0.1, -0.05) is 11.8 Å². The fourth-order valence-corrected chi connectivity index (χ4v) is 3.90. The van der Waals surface area contributed by atoms with E-state index in [0.29, 0.717) is 13.0 Å². The molecule has 6 nitrogen and oxygen atoms in total. The van der Waals surface area contributed by atoms with Crippen LogP contribution in [0.25, 0.3) is 0 Å². The van der Waals surface area contributed by atoms with Crippen molar-refractivity contribution in [3.8, 4) is 0 Å². The van der Waals surface area contributed by atoms with E-state index in [-0.39, 0.29) is 17.8 Å². The van der Waals surface area contributed by atoms with Gasteiger partial charge in [0, 0.05) is 25.3 Å². The molecule has 3 heterocycles. The molecule has 3 aliphatic rings. The smallest absolute Gasteiger partial charge is 0.310 e. The number of carbonyl (C=O) groups excluding carboxylic acids is 2. The molecule has 0 saturated carbocycles. The largest absolute Gasteiger partial charge is 0.469 e. The van der Waals surface area contributed by atoms with Crippen molar-refractivity contribution >= 4 is 28.8 Å². The van der Waals surface area contributed by atoms with Crippen molar-refractivity contribution in [2.75, 3.05) is 33.3 Å². The number of piperidine rings is 1. The molecule has 0 radical (unpaired) electrons. The summed E-state index contributed by atoms with van der Waals surface area (Å²) in [4.78, 5) is 32.4. The molecule has 0 aromatic rings. The monoisotopic (exact) mass is 309 g/mol. The van der Waals surface area contributed by atoms with Crippen LogP contribution in [0.15, 0.2) is 16.1 Å². The Kier molecular flexibility index (Phi) is 4.19. The quantitative estimate of drug-likeness (QED) is 0.729. The van der Waals surface area contributed by atoms with Gasteiger partial charge in [0.05, 0.1) is 26.0 Å². The number of nitrogens with zero attached hydrogens (tertiary/aromatic N) is 3. The van der Waals surface area contributed by atoms with Crippen LogP contribution in [-0.2, 0) is 14.3 Å². The second-order valence-electron chi connectivity index (χ2n) is 5.42. The summed E-state index contributed by atoms with van der Waals surface area (Å²) in [5, 5.41) is 3.02. The van der Waals surface area contributed by atoms with Gasteiger partial charge in [-0.3, -0.25) is 14.6 Å². The van der Waals surface area contributed by atoms with E-state index in [0.717, 1.165) is 43.3 Å². The van der Waals surface area contributed by atoms with E-state index in [2.05, 4.69) is 9.89 Å². The zero-order chi connectivity index (χ0) is 14.8. The molecule has 3 rings (SSSR count). The standard InChI is InChI=1S/C14H19N3O3S/c1-20-13(19)10-3-2-5-16(8-10)12(18)7-11-9-21-14-15-4-6-17(11)14/h9-10H,2-8H2,1H3. The molecule has 1 saturated heterocycles. The molecule has 0 aromatic heterocycles. The lowest BCUT2D eigenvalue weighted by atomic mass is 9.98.